The summed E-state index contributed by atoms with van der Waals surface area (Å²) in [5, 5.41) is 10.3. The fraction of sp³-hybridized carbons (Fsp3) is 0.385. The van der Waals surface area contributed by atoms with Crippen LogP contribution in [-0.4, -0.2) is 17.8 Å². The first-order chi connectivity index (χ1) is 7.61. The molecule has 0 aliphatic carbocycles. The Labute approximate surface area is 102 Å². The van der Waals surface area contributed by atoms with Gasteiger partial charge in [0.1, 0.15) is 12.4 Å². The molecule has 0 aliphatic rings. The Morgan fingerprint density at radius 2 is 2.31 bits per heavy atom. The molecule has 0 bridgehead atoms. The molecule has 0 aliphatic heterocycles. The van der Waals surface area contributed by atoms with Crippen LogP contribution in [0.25, 0.3) is 0 Å². The fourth-order valence-corrected chi connectivity index (χ4v) is 1.47. The van der Waals surface area contributed by atoms with Crippen LogP contribution < -0.4 is 4.74 Å². The van der Waals surface area contributed by atoms with E-state index in [0.29, 0.717) is 17.2 Å². The molecule has 1 aromatic carbocycles. The predicted octanol–water partition coefficient (Wildman–Crippen LogP) is 3.44. The van der Waals surface area contributed by atoms with Crippen molar-refractivity contribution in [3.05, 3.63) is 41.4 Å². The number of rotatable bonds is 6. The van der Waals surface area contributed by atoms with Crippen molar-refractivity contribution in [3.63, 3.8) is 0 Å². The average Bonchev–Trinajstić information content (AvgIpc) is 2.26. The van der Waals surface area contributed by atoms with E-state index in [1.807, 2.05) is 19.1 Å². The van der Waals surface area contributed by atoms with Gasteiger partial charge in [0.05, 0.1) is 6.10 Å². The first-order valence-corrected chi connectivity index (χ1v) is 5.72. The molecule has 0 amide bonds. The molecule has 0 spiro atoms. The van der Waals surface area contributed by atoms with Crippen molar-refractivity contribution in [2.45, 2.75) is 25.9 Å². The highest BCUT2D eigenvalue weighted by molar-refractivity contribution is 6.30. The molecule has 1 aromatic rings. The van der Waals surface area contributed by atoms with Gasteiger partial charge in [0.2, 0.25) is 0 Å². The van der Waals surface area contributed by atoms with E-state index in [1.165, 1.54) is 0 Å². The predicted molar refractivity (Wildman–Crippen MR) is 67.0 cm³/mol. The van der Waals surface area contributed by atoms with Crippen LogP contribution in [0.1, 0.15) is 19.8 Å². The molecule has 0 radical (unpaired) electrons. The summed E-state index contributed by atoms with van der Waals surface area (Å²) in [5.41, 5.74) is 1.03. The first kappa shape index (κ1) is 13.1. The van der Waals surface area contributed by atoms with E-state index < -0.39 is 6.10 Å². The molecule has 1 rings (SSSR count). The lowest BCUT2D eigenvalue weighted by Gasteiger charge is -2.13. The summed E-state index contributed by atoms with van der Waals surface area (Å²) >= 11 is 5.81. The van der Waals surface area contributed by atoms with Gasteiger partial charge in [0.25, 0.3) is 0 Å². The molecule has 0 saturated heterocycles. The summed E-state index contributed by atoms with van der Waals surface area (Å²) in [6, 6.07) is 7.13. The molecule has 0 heterocycles. The molecule has 1 unspecified atom stereocenters. The van der Waals surface area contributed by atoms with Gasteiger partial charge >= 0.3 is 0 Å². The van der Waals surface area contributed by atoms with E-state index in [9.17, 15) is 5.11 Å². The maximum Gasteiger partial charge on any atom is 0.120 e. The second-order valence-electron chi connectivity index (χ2n) is 3.73. The molecule has 0 fully saturated rings. The molecule has 3 heteroatoms. The van der Waals surface area contributed by atoms with Crippen molar-refractivity contribution in [2.75, 3.05) is 6.61 Å². The van der Waals surface area contributed by atoms with Crippen LogP contribution in [0.2, 0.25) is 5.02 Å². The molecule has 2 nitrogen and oxygen atoms in total. The monoisotopic (exact) mass is 240 g/mol. The molecule has 0 aromatic heterocycles. The Balaban J connectivity index is 2.37. The minimum absolute atomic E-state index is 0.263. The summed E-state index contributed by atoms with van der Waals surface area (Å²) in [4.78, 5) is 0. The van der Waals surface area contributed by atoms with E-state index in [4.69, 9.17) is 16.3 Å². The average molecular weight is 241 g/mol. The normalized spacial score (nSPS) is 12.2. The number of aliphatic hydroxyl groups excluding tert-OH is 1. The highest BCUT2D eigenvalue weighted by Crippen LogP contribution is 2.17. The Bertz CT molecular complexity index is 350. The quantitative estimate of drug-likeness (QED) is 0.772. The van der Waals surface area contributed by atoms with Gasteiger partial charge in [-0.05, 0) is 31.0 Å². The number of aliphatic hydroxyl groups is 1. The van der Waals surface area contributed by atoms with Crippen LogP contribution in [0.5, 0.6) is 5.75 Å². The second kappa shape index (κ2) is 6.56. The van der Waals surface area contributed by atoms with Crippen molar-refractivity contribution < 1.29 is 9.84 Å². The van der Waals surface area contributed by atoms with Gasteiger partial charge < -0.3 is 9.84 Å². The molecule has 0 saturated carbocycles. The van der Waals surface area contributed by atoms with Crippen LogP contribution in [-0.2, 0) is 0 Å². The minimum atomic E-state index is -0.508. The number of benzene rings is 1. The number of hydrogen-bond acceptors (Lipinski definition) is 2. The first-order valence-electron chi connectivity index (χ1n) is 5.35. The standard InChI is InChI=1S/C13H17ClO2/c1-3-10(2)7-12(15)9-16-13-6-4-5-11(14)8-13/h4-6,8,12,15H,2-3,7,9H2,1H3. The molecule has 1 atom stereocenters. The lowest BCUT2D eigenvalue weighted by molar-refractivity contribution is 0.107. The van der Waals surface area contributed by atoms with Crippen LogP contribution in [0.15, 0.2) is 36.4 Å². The van der Waals surface area contributed by atoms with E-state index in [2.05, 4.69) is 6.58 Å². The topological polar surface area (TPSA) is 29.5 Å². The van der Waals surface area contributed by atoms with Gasteiger partial charge in [0, 0.05) is 5.02 Å². The molecular formula is C13H17ClO2. The van der Waals surface area contributed by atoms with E-state index >= 15 is 0 Å². The van der Waals surface area contributed by atoms with Gasteiger partial charge in [-0.15, -0.1) is 0 Å². The summed E-state index contributed by atoms with van der Waals surface area (Å²) in [6.45, 7) is 6.13. The van der Waals surface area contributed by atoms with Crippen LogP contribution >= 0.6 is 11.6 Å². The van der Waals surface area contributed by atoms with Gasteiger partial charge in [-0.25, -0.2) is 0 Å². The van der Waals surface area contributed by atoms with Crippen LogP contribution in [0, 0.1) is 0 Å². The summed E-state index contributed by atoms with van der Waals surface area (Å²) < 4.78 is 5.42. The summed E-state index contributed by atoms with van der Waals surface area (Å²) in [6.07, 6.45) is 0.956. The van der Waals surface area contributed by atoms with Crippen molar-refractivity contribution in [2.24, 2.45) is 0 Å². The second-order valence-corrected chi connectivity index (χ2v) is 4.17. The molecule has 16 heavy (non-hydrogen) atoms. The van der Waals surface area contributed by atoms with Crippen molar-refractivity contribution in [3.8, 4) is 5.75 Å². The molecular weight excluding hydrogens is 224 g/mol. The maximum absolute atomic E-state index is 9.66. The zero-order valence-electron chi connectivity index (χ0n) is 9.45. The lowest BCUT2D eigenvalue weighted by Crippen LogP contribution is -2.17. The maximum atomic E-state index is 9.66. The van der Waals surface area contributed by atoms with E-state index in [0.717, 1.165) is 12.0 Å². The van der Waals surface area contributed by atoms with Crippen molar-refractivity contribution in [1.82, 2.24) is 0 Å². The fourth-order valence-electron chi connectivity index (χ4n) is 1.29. The zero-order chi connectivity index (χ0) is 12.0. The van der Waals surface area contributed by atoms with Crippen LogP contribution in [0.4, 0.5) is 0 Å². The lowest BCUT2D eigenvalue weighted by atomic mass is 10.1. The summed E-state index contributed by atoms with van der Waals surface area (Å²) in [7, 11) is 0. The van der Waals surface area contributed by atoms with Crippen molar-refractivity contribution in [1.29, 1.82) is 0 Å². The summed E-state index contributed by atoms with van der Waals surface area (Å²) in [5.74, 6) is 0.675. The van der Waals surface area contributed by atoms with Gasteiger partial charge in [-0.2, -0.15) is 0 Å². The van der Waals surface area contributed by atoms with Gasteiger partial charge in [-0.3, -0.25) is 0 Å². The van der Waals surface area contributed by atoms with Gasteiger partial charge in [0.15, 0.2) is 0 Å². The zero-order valence-corrected chi connectivity index (χ0v) is 10.2. The molecule has 88 valence electrons. The largest absolute Gasteiger partial charge is 0.491 e. The minimum Gasteiger partial charge on any atom is -0.491 e. The van der Waals surface area contributed by atoms with E-state index in [1.54, 1.807) is 12.1 Å². The Hall–Kier alpha value is -0.990. The third kappa shape index (κ3) is 4.69. The number of ether oxygens (including phenoxy) is 1. The van der Waals surface area contributed by atoms with E-state index in [-0.39, 0.29) is 6.61 Å². The number of hydrogen-bond donors (Lipinski definition) is 1. The Kier molecular flexibility index (Phi) is 5.36. The van der Waals surface area contributed by atoms with Crippen molar-refractivity contribution >= 4 is 11.6 Å². The SMILES string of the molecule is C=C(CC)CC(O)COc1cccc(Cl)c1. The van der Waals surface area contributed by atoms with Crippen LogP contribution in [0.3, 0.4) is 0 Å². The third-order valence-corrected chi connectivity index (χ3v) is 2.50. The Morgan fingerprint density at radius 1 is 1.56 bits per heavy atom. The number of halogens is 1. The highest BCUT2D eigenvalue weighted by atomic mass is 35.5. The Morgan fingerprint density at radius 3 is 2.94 bits per heavy atom. The third-order valence-electron chi connectivity index (χ3n) is 2.26. The van der Waals surface area contributed by atoms with Gasteiger partial charge in [-0.1, -0.05) is 36.7 Å². The highest BCUT2D eigenvalue weighted by Gasteiger charge is 2.06. The molecule has 1 N–H and O–H groups in total. The smallest absolute Gasteiger partial charge is 0.120 e.